The van der Waals surface area contributed by atoms with Gasteiger partial charge in [0.05, 0.1) is 27.9 Å². The number of phenolic OH excluding ortho intramolecular Hbond substituents is 2. The Balaban J connectivity index is 1.97. The van der Waals surface area contributed by atoms with Crippen molar-refractivity contribution in [1.82, 2.24) is 0 Å². The summed E-state index contributed by atoms with van der Waals surface area (Å²) in [4.78, 5) is 0. The summed E-state index contributed by atoms with van der Waals surface area (Å²) >= 11 is 0. The molecule has 1 heterocycles. The van der Waals surface area contributed by atoms with Crippen molar-refractivity contribution in [3.63, 3.8) is 0 Å². The molecule has 2 aromatic carbocycles. The summed E-state index contributed by atoms with van der Waals surface area (Å²) in [5.41, 5.74) is 1.58. The Hall–Kier alpha value is -2.76. The van der Waals surface area contributed by atoms with Crippen molar-refractivity contribution < 1.29 is 29.2 Å². The summed E-state index contributed by atoms with van der Waals surface area (Å²) in [6.45, 7) is 0.378. The molecule has 24 heavy (non-hydrogen) atoms. The number of benzene rings is 2. The third-order valence-corrected chi connectivity index (χ3v) is 4.25. The van der Waals surface area contributed by atoms with Crippen LogP contribution in [0.1, 0.15) is 17.0 Å². The molecule has 3 rings (SSSR count). The van der Waals surface area contributed by atoms with Crippen molar-refractivity contribution in [3.05, 3.63) is 35.4 Å². The van der Waals surface area contributed by atoms with Crippen molar-refractivity contribution in [2.45, 2.75) is 12.3 Å². The van der Waals surface area contributed by atoms with Crippen LogP contribution >= 0.6 is 0 Å². The van der Waals surface area contributed by atoms with Gasteiger partial charge in [0.1, 0.15) is 11.5 Å². The molecule has 2 aromatic rings. The molecule has 1 aliphatic heterocycles. The highest BCUT2D eigenvalue weighted by Gasteiger charge is 2.28. The van der Waals surface area contributed by atoms with E-state index in [0.717, 1.165) is 17.1 Å². The first-order chi connectivity index (χ1) is 11.6. The maximum atomic E-state index is 10.5. The summed E-state index contributed by atoms with van der Waals surface area (Å²) in [7, 11) is 4.43. The van der Waals surface area contributed by atoms with Crippen LogP contribution in [0.25, 0.3) is 0 Å². The zero-order valence-electron chi connectivity index (χ0n) is 13.8. The van der Waals surface area contributed by atoms with Crippen LogP contribution in [-0.4, -0.2) is 38.1 Å². The van der Waals surface area contributed by atoms with Crippen molar-refractivity contribution in [1.29, 1.82) is 0 Å². The second-order valence-electron chi connectivity index (χ2n) is 5.59. The molecule has 0 bridgehead atoms. The zero-order valence-corrected chi connectivity index (χ0v) is 13.8. The maximum absolute atomic E-state index is 10.5. The number of rotatable bonds is 4. The number of phenols is 2. The van der Waals surface area contributed by atoms with E-state index >= 15 is 0 Å². The molecular weight excluding hydrogens is 312 g/mol. The predicted molar refractivity (Wildman–Crippen MR) is 87.8 cm³/mol. The van der Waals surface area contributed by atoms with E-state index in [1.54, 1.807) is 7.11 Å². The second-order valence-corrected chi connectivity index (χ2v) is 5.59. The molecule has 0 saturated heterocycles. The topological polar surface area (TPSA) is 77.4 Å². The van der Waals surface area contributed by atoms with Gasteiger partial charge < -0.3 is 29.2 Å². The highest BCUT2D eigenvalue weighted by Crippen LogP contribution is 2.49. The second kappa shape index (κ2) is 6.39. The first kappa shape index (κ1) is 16.1. The Morgan fingerprint density at radius 3 is 2.42 bits per heavy atom. The predicted octanol–water partition coefficient (Wildman–Crippen LogP) is 2.84. The molecule has 0 amide bonds. The molecule has 6 heteroatoms. The zero-order chi connectivity index (χ0) is 17.3. The molecule has 0 saturated carbocycles. The number of hydrogen-bond donors (Lipinski definition) is 2. The van der Waals surface area contributed by atoms with E-state index in [1.807, 2.05) is 18.2 Å². The van der Waals surface area contributed by atoms with Gasteiger partial charge in [0.2, 0.25) is 11.5 Å². The van der Waals surface area contributed by atoms with Crippen LogP contribution in [0.4, 0.5) is 0 Å². The Kier molecular flexibility index (Phi) is 4.29. The minimum atomic E-state index is -0.114. The van der Waals surface area contributed by atoms with Gasteiger partial charge in [-0.3, -0.25) is 0 Å². The minimum absolute atomic E-state index is 0.0438. The van der Waals surface area contributed by atoms with Crippen LogP contribution in [-0.2, 0) is 6.42 Å². The van der Waals surface area contributed by atoms with E-state index < -0.39 is 0 Å². The van der Waals surface area contributed by atoms with Crippen molar-refractivity contribution in [2.24, 2.45) is 0 Å². The first-order valence-corrected chi connectivity index (χ1v) is 7.55. The van der Waals surface area contributed by atoms with E-state index in [2.05, 4.69) is 0 Å². The average molecular weight is 332 g/mol. The van der Waals surface area contributed by atoms with Crippen LogP contribution in [0.15, 0.2) is 24.3 Å². The Morgan fingerprint density at radius 1 is 1.00 bits per heavy atom. The number of ether oxygens (including phenoxy) is 4. The van der Waals surface area contributed by atoms with Gasteiger partial charge in [-0.2, -0.15) is 0 Å². The summed E-state index contributed by atoms with van der Waals surface area (Å²) in [6.07, 6.45) is 0.668. The number of methoxy groups -OCH3 is 3. The Bertz CT molecular complexity index is 756. The fourth-order valence-electron chi connectivity index (χ4n) is 3.01. The summed E-state index contributed by atoms with van der Waals surface area (Å²) < 4.78 is 21.3. The molecule has 6 nitrogen and oxygen atoms in total. The lowest BCUT2D eigenvalue weighted by molar-refractivity contribution is 0.255. The smallest absolute Gasteiger partial charge is 0.207 e. The molecule has 0 aromatic heterocycles. The molecular formula is C18H20O6. The lowest BCUT2D eigenvalue weighted by atomic mass is 9.89. The molecule has 0 aliphatic carbocycles. The molecule has 0 radical (unpaired) electrons. The highest BCUT2D eigenvalue weighted by atomic mass is 16.5. The molecule has 2 N–H and O–H groups in total. The normalized spacial score (nSPS) is 16.0. The monoisotopic (exact) mass is 332 g/mol. The lowest BCUT2D eigenvalue weighted by Crippen LogP contribution is -2.19. The summed E-state index contributed by atoms with van der Waals surface area (Å²) in [6, 6.07) is 7.16. The maximum Gasteiger partial charge on any atom is 0.207 e. The molecule has 1 unspecified atom stereocenters. The van der Waals surface area contributed by atoms with E-state index in [4.69, 9.17) is 18.9 Å². The largest absolute Gasteiger partial charge is 0.504 e. The molecule has 1 atom stereocenters. The third kappa shape index (κ3) is 2.64. The van der Waals surface area contributed by atoms with Crippen LogP contribution in [0, 0.1) is 0 Å². The van der Waals surface area contributed by atoms with Gasteiger partial charge in [0.25, 0.3) is 0 Å². The minimum Gasteiger partial charge on any atom is -0.504 e. The fourth-order valence-corrected chi connectivity index (χ4v) is 3.01. The van der Waals surface area contributed by atoms with E-state index in [-0.39, 0.29) is 28.9 Å². The van der Waals surface area contributed by atoms with Gasteiger partial charge in [-0.1, -0.05) is 6.07 Å². The SMILES string of the molecule is COc1ccc2c(c1)OCC(c1cc(O)c(OC)c(OC)c1O)C2. The molecule has 128 valence electrons. The fraction of sp³-hybridized carbons (Fsp3) is 0.333. The first-order valence-electron chi connectivity index (χ1n) is 7.55. The van der Waals surface area contributed by atoms with E-state index in [1.165, 1.54) is 20.3 Å². The van der Waals surface area contributed by atoms with E-state index in [9.17, 15) is 10.2 Å². The average Bonchev–Trinajstić information content (AvgIpc) is 2.61. The van der Waals surface area contributed by atoms with Gasteiger partial charge in [-0.05, 0) is 24.1 Å². The molecule has 0 fully saturated rings. The van der Waals surface area contributed by atoms with Gasteiger partial charge in [-0.25, -0.2) is 0 Å². The lowest BCUT2D eigenvalue weighted by Gasteiger charge is -2.27. The van der Waals surface area contributed by atoms with Crippen molar-refractivity contribution in [2.75, 3.05) is 27.9 Å². The molecule has 1 aliphatic rings. The summed E-state index contributed by atoms with van der Waals surface area (Å²) in [5, 5.41) is 20.7. The number of aromatic hydroxyl groups is 2. The number of hydrogen-bond acceptors (Lipinski definition) is 6. The van der Waals surface area contributed by atoms with Gasteiger partial charge in [-0.15, -0.1) is 0 Å². The van der Waals surface area contributed by atoms with Gasteiger partial charge in [0.15, 0.2) is 11.5 Å². The van der Waals surface area contributed by atoms with Crippen molar-refractivity contribution >= 4 is 0 Å². The van der Waals surface area contributed by atoms with Crippen LogP contribution in [0.2, 0.25) is 0 Å². The molecule has 0 spiro atoms. The quantitative estimate of drug-likeness (QED) is 0.839. The Labute approximate surface area is 140 Å². The van der Waals surface area contributed by atoms with Crippen LogP contribution in [0.3, 0.4) is 0 Å². The van der Waals surface area contributed by atoms with Crippen LogP contribution in [0.5, 0.6) is 34.5 Å². The third-order valence-electron chi connectivity index (χ3n) is 4.25. The van der Waals surface area contributed by atoms with Gasteiger partial charge >= 0.3 is 0 Å². The van der Waals surface area contributed by atoms with E-state index in [0.29, 0.717) is 18.6 Å². The highest BCUT2D eigenvalue weighted by molar-refractivity contribution is 5.63. The van der Waals surface area contributed by atoms with Gasteiger partial charge in [0, 0.05) is 17.5 Å². The summed E-state index contributed by atoms with van der Waals surface area (Å²) in [5.74, 6) is 1.50. The Morgan fingerprint density at radius 2 is 1.75 bits per heavy atom. The standard InChI is InChI=1S/C18H20O6/c1-21-12-5-4-10-6-11(9-24-15(10)7-12)13-8-14(19)17(22-2)18(23-3)16(13)20/h4-5,7-8,11,19-20H,6,9H2,1-3H3. The van der Waals surface area contributed by atoms with Crippen LogP contribution < -0.4 is 18.9 Å². The number of fused-ring (bicyclic) bond motifs is 1. The van der Waals surface area contributed by atoms with Crippen molar-refractivity contribution in [3.8, 4) is 34.5 Å².